The first kappa shape index (κ1) is 20.3. The number of aromatic nitrogens is 4. The van der Waals surface area contributed by atoms with Gasteiger partial charge in [0.15, 0.2) is 5.69 Å². The molecule has 3 aromatic heterocycles. The molecule has 152 valence electrons. The second-order valence-corrected chi connectivity index (χ2v) is 7.01. The van der Waals surface area contributed by atoms with Crippen LogP contribution in [0.3, 0.4) is 0 Å². The van der Waals surface area contributed by atoms with Crippen molar-refractivity contribution in [2.75, 3.05) is 6.61 Å². The van der Waals surface area contributed by atoms with E-state index in [1.54, 1.807) is 20.8 Å². The van der Waals surface area contributed by atoms with Crippen molar-refractivity contribution in [1.82, 2.24) is 20.3 Å². The van der Waals surface area contributed by atoms with E-state index < -0.39 is 17.2 Å². The lowest BCUT2D eigenvalue weighted by molar-refractivity contribution is 0.0684. The van der Waals surface area contributed by atoms with Crippen molar-refractivity contribution in [2.45, 2.75) is 32.8 Å². The summed E-state index contributed by atoms with van der Waals surface area (Å²) in [7, 11) is 0. The molecule has 0 aliphatic carbocycles. The molecule has 0 spiro atoms. The van der Waals surface area contributed by atoms with Crippen molar-refractivity contribution in [3.63, 3.8) is 0 Å². The first-order valence-electron chi connectivity index (χ1n) is 8.65. The van der Waals surface area contributed by atoms with Gasteiger partial charge in [-0.15, -0.1) is 10.2 Å². The predicted molar refractivity (Wildman–Crippen MR) is 97.9 cm³/mol. The fourth-order valence-electron chi connectivity index (χ4n) is 2.63. The summed E-state index contributed by atoms with van der Waals surface area (Å²) in [5, 5.41) is 30.4. The summed E-state index contributed by atoms with van der Waals surface area (Å²) in [6.07, 6.45) is 1.07. The van der Waals surface area contributed by atoms with E-state index in [9.17, 15) is 19.4 Å². The topological polar surface area (TPSA) is 131 Å². The predicted octanol–water partition coefficient (Wildman–Crippen LogP) is 2.52. The van der Waals surface area contributed by atoms with Gasteiger partial charge in [0.05, 0.1) is 24.1 Å². The van der Waals surface area contributed by atoms with Crippen molar-refractivity contribution in [3.8, 4) is 17.3 Å². The number of aliphatic hydroxyl groups excluding tert-OH is 1. The van der Waals surface area contributed by atoms with Crippen molar-refractivity contribution < 1.29 is 28.7 Å². The molecule has 0 unspecified atom stereocenters. The number of halogens is 1. The van der Waals surface area contributed by atoms with Crippen LogP contribution in [0, 0.1) is 12.7 Å². The Morgan fingerprint density at radius 3 is 2.69 bits per heavy atom. The SMILES string of the molecule is Cc1onc(-c2ccc(F)cn2)c1COc1cc(C(C)(C)CO)c(C(=O)O)nn1. The average Bonchev–Trinajstić information content (AvgIpc) is 3.07. The summed E-state index contributed by atoms with van der Waals surface area (Å²) < 4.78 is 24.0. The molecule has 9 nitrogen and oxygen atoms in total. The Bertz CT molecular complexity index is 1030. The van der Waals surface area contributed by atoms with Gasteiger partial charge in [-0.1, -0.05) is 19.0 Å². The maximum absolute atomic E-state index is 13.1. The van der Waals surface area contributed by atoms with Crippen LogP contribution in [0.1, 0.15) is 41.2 Å². The molecule has 0 radical (unpaired) electrons. The number of rotatable bonds is 7. The molecular weight excluding hydrogens is 383 g/mol. The summed E-state index contributed by atoms with van der Waals surface area (Å²) in [6, 6.07) is 4.17. The standard InChI is InChI=1S/C19H19FN4O5/c1-10-12(16(24-29-10)14-5-4-11(20)7-21-14)8-28-15-6-13(19(2,3)9-25)17(18(26)27)23-22-15/h4-7,25H,8-9H2,1-3H3,(H,26,27). The number of carbonyl (C=O) groups is 1. The highest BCUT2D eigenvalue weighted by atomic mass is 19.1. The average molecular weight is 402 g/mol. The van der Waals surface area contributed by atoms with E-state index in [0.29, 0.717) is 28.3 Å². The normalized spacial score (nSPS) is 11.5. The molecule has 0 aliphatic heterocycles. The minimum atomic E-state index is -1.25. The Labute approximate surface area is 165 Å². The van der Waals surface area contributed by atoms with Crippen molar-refractivity contribution >= 4 is 5.97 Å². The van der Waals surface area contributed by atoms with E-state index in [1.165, 1.54) is 18.2 Å². The zero-order valence-electron chi connectivity index (χ0n) is 16.0. The van der Waals surface area contributed by atoms with Gasteiger partial charge in [-0.05, 0) is 19.1 Å². The van der Waals surface area contributed by atoms with Crippen molar-refractivity contribution in [3.05, 3.63) is 52.8 Å². The molecule has 3 aromatic rings. The molecule has 0 amide bonds. The lowest BCUT2D eigenvalue weighted by atomic mass is 9.84. The highest BCUT2D eigenvalue weighted by Gasteiger charge is 2.28. The minimum absolute atomic E-state index is 0.0101. The number of carboxylic acid groups (broad SMARTS) is 1. The number of carboxylic acids is 1. The van der Waals surface area contributed by atoms with Gasteiger partial charge >= 0.3 is 5.97 Å². The third kappa shape index (κ3) is 4.21. The molecule has 0 saturated carbocycles. The zero-order valence-corrected chi connectivity index (χ0v) is 16.0. The molecule has 0 bridgehead atoms. The molecule has 0 atom stereocenters. The van der Waals surface area contributed by atoms with E-state index in [0.717, 1.165) is 6.20 Å². The molecule has 0 fully saturated rings. The summed E-state index contributed by atoms with van der Waals surface area (Å²) >= 11 is 0. The molecular formula is C19H19FN4O5. The number of pyridine rings is 1. The molecule has 10 heteroatoms. The van der Waals surface area contributed by atoms with Gasteiger partial charge in [-0.2, -0.15) is 0 Å². The lowest BCUT2D eigenvalue weighted by Crippen LogP contribution is -2.26. The molecule has 3 heterocycles. The van der Waals surface area contributed by atoms with Crippen LogP contribution < -0.4 is 4.74 Å². The first-order chi connectivity index (χ1) is 13.7. The Kier molecular flexibility index (Phi) is 5.55. The number of hydrogen-bond acceptors (Lipinski definition) is 8. The van der Waals surface area contributed by atoms with Crippen LogP contribution in [0.5, 0.6) is 5.88 Å². The Morgan fingerprint density at radius 2 is 2.07 bits per heavy atom. The quantitative estimate of drug-likeness (QED) is 0.612. The smallest absolute Gasteiger partial charge is 0.356 e. The highest BCUT2D eigenvalue weighted by molar-refractivity contribution is 5.87. The number of aryl methyl sites for hydroxylation is 1. The number of aliphatic hydroxyl groups is 1. The number of aromatic carboxylic acids is 1. The molecule has 0 aliphatic rings. The van der Waals surface area contributed by atoms with E-state index in [4.69, 9.17) is 9.26 Å². The van der Waals surface area contributed by atoms with Crippen LogP contribution in [-0.2, 0) is 12.0 Å². The van der Waals surface area contributed by atoms with Gasteiger partial charge < -0.3 is 19.5 Å². The fourth-order valence-corrected chi connectivity index (χ4v) is 2.63. The summed E-state index contributed by atoms with van der Waals surface area (Å²) in [5.74, 6) is -1.16. The van der Waals surface area contributed by atoms with Crippen LogP contribution in [0.4, 0.5) is 4.39 Å². The molecule has 3 rings (SSSR count). The van der Waals surface area contributed by atoms with Gasteiger partial charge in [-0.25, -0.2) is 9.18 Å². The van der Waals surface area contributed by atoms with E-state index in [-0.39, 0.29) is 24.8 Å². The Hall–Kier alpha value is -3.40. The first-order valence-corrected chi connectivity index (χ1v) is 8.65. The zero-order chi connectivity index (χ0) is 21.2. The second-order valence-electron chi connectivity index (χ2n) is 7.01. The summed E-state index contributed by atoms with van der Waals surface area (Å²) in [6.45, 7) is 4.76. The van der Waals surface area contributed by atoms with Gasteiger partial charge in [0.2, 0.25) is 5.88 Å². The maximum atomic E-state index is 13.1. The summed E-state index contributed by atoms with van der Waals surface area (Å²) in [5.41, 5.74) is 0.563. The second kappa shape index (κ2) is 7.92. The van der Waals surface area contributed by atoms with E-state index in [1.807, 2.05) is 0 Å². The van der Waals surface area contributed by atoms with E-state index >= 15 is 0 Å². The minimum Gasteiger partial charge on any atom is -0.476 e. The Morgan fingerprint density at radius 1 is 1.31 bits per heavy atom. The van der Waals surface area contributed by atoms with Gasteiger partial charge in [0, 0.05) is 17.0 Å². The van der Waals surface area contributed by atoms with Crippen LogP contribution in [-0.4, -0.2) is 43.1 Å². The van der Waals surface area contributed by atoms with Crippen molar-refractivity contribution in [2.24, 2.45) is 0 Å². The van der Waals surface area contributed by atoms with Crippen molar-refractivity contribution in [1.29, 1.82) is 0 Å². The number of ether oxygens (including phenoxy) is 1. The summed E-state index contributed by atoms with van der Waals surface area (Å²) in [4.78, 5) is 15.4. The van der Waals surface area contributed by atoms with Gasteiger partial charge in [0.1, 0.15) is 23.9 Å². The molecule has 0 saturated heterocycles. The third-order valence-electron chi connectivity index (χ3n) is 4.42. The molecule has 2 N–H and O–H groups in total. The fraction of sp³-hybridized carbons (Fsp3) is 0.316. The lowest BCUT2D eigenvalue weighted by Gasteiger charge is -2.23. The number of hydrogen-bond donors (Lipinski definition) is 2. The van der Waals surface area contributed by atoms with E-state index in [2.05, 4.69) is 20.3 Å². The van der Waals surface area contributed by atoms with Crippen LogP contribution in [0.15, 0.2) is 28.9 Å². The number of nitrogens with zero attached hydrogens (tertiary/aromatic N) is 4. The Balaban J connectivity index is 1.89. The third-order valence-corrected chi connectivity index (χ3v) is 4.42. The largest absolute Gasteiger partial charge is 0.476 e. The molecule has 0 aromatic carbocycles. The molecule has 29 heavy (non-hydrogen) atoms. The monoisotopic (exact) mass is 402 g/mol. The van der Waals surface area contributed by atoms with Crippen LogP contribution in [0.2, 0.25) is 0 Å². The van der Waals surface area contributed by atoms with Crippen LogP contribution in [0.25, 0.3) is 11.4 Å². The maximum Gasteiger partial charge on any atom is 0.356 e. The van der Waals surface area contributed by atoms with Gasteiger partial charge in [0.25, 0.3) is 0 Å². The van der Waals surface area contributed by atoms with Crippen LogP contribution >= 0.6 is 0 Å². The van der Waals surface area contributed by atoms with Gasteiger partial charge in [-0.3, -0.25) is 4.98 Å². The highest BCUT2D eigenvalue weighted by Crippen LogP contribution is 2.29.